The molecule has 1 aromatic carbocycles. The van der Waals surface area contributed by atoms with Gasteiger partial charge in [0.2, 0.25) is 0 Å². The van der Waals surface area contributed by atoms with Crippen LogP contribution < -0.4 is 4.74 Å². The summed E-state index contributed by atoms with van der Waals surface area (Å²) >= 11 is 0. The van der Waals surface area contributed by atoms with Gasteiger partial charge in [-0.1, -0.05) is 25.1 Å². The first-order chi connectivity index (χ1) is 8.83. The second kappa shape index (κ2) is 6.76. The summed E-state index contributed by atoms with van der Waals surface area (Å²) in [6.07, 6.45) is 3.42. The Balaban J connectivity index is 2.10. The molecule has 2 atom stereocenters. The molecule has 2 unspecified atom stereocenters. The minimum Gasteiger partial charge on any atom is -0.493 e. The van der Waals surface area contributed by atoms with Crippen molar-refractivity contribution in [2.24, 2.45) is 0 Å². The molecule has 1 saturated heterocycles. The van der Waals surface area contributed by atoms with Gasteiger partial charge in [-0.15, -0.1) is 0 Å². The van der Waals surface area contributed by atoms with Gasteiger partial charge < -0.3 is 14.6 Å². The van der Waals surface area contributed by atoms with Crippen molar-refractivity contribution in [3.05, 3.63) is 29.8 Å². The fourth-order valence-electron chi connectivity index (χ4n) is 2.28. The summed E-state index contributed by atoms with van der Waals surface area (Å²) in [4.78, 5) is 0. The van der Waals surface area contributed by atoms with E-state index in [9.17, 15) is 5.11 Å². The topological polar surface area (TPSA) is 38.7 Å². The zero-order chi connectivity index (χ0) is 12.8. The average Bonchev–Trinajstić information content (AvgIpc) is 2.45. The van der Waals surface area contributed by atoms with Gasteiger partial charge in [0.05, 0.1) is 12.7 Å². The molecule has 1 aromatic rings. The van der Waals surface area contributed by atoms with Gasteiger partial charge in [-0.05, 0) is 31.7 Å². The first-order valence-corrected chi connectivity index (χ1v) is 6.84. The quantitative estimate of drug-likeness (QED) is 0.872. The minimum absolute atomic E-state index is 0.0925. The highest BCUT2D eigenvalue weighted by molar-refractivity contribution is 5.35. The van der Waals surface area contributed by atoms with Crippen LogP contribution in [0.3, 0.4) is 0 Å². The van der Waals surface area contributed by atoms with Crippen molar-refractivity contribution in [3.8, 4) is 5.75 Å². The van der Waals surface area contributed by atoms with Crippen LogP contribution in [0.5, 0.6) is 5.75 Å². The third kappa shape index (κ3) is 3.24. The number of aliphatic hydroxyl groups is 1. The Morgan fingerprint density at radius 3 is 2.94 bits per heavy atom. The van der Waals surface area contributed by atoms with Crippen molar-refractivity contribution >= 4 is 0 Å². The Labute approximate surface area is 109 Å². The molecule has 0 aromatic heterocycles. The largest absolute Gasteiger partial charge is 0.493 e. The fourth-order valence-corrected chi connectivity index (χ4v) is 2.28. The van der Waals surface area contributed by atoms with Crippen molar-refractivity contribution < 1.29 is 14.6 Å². The molecular formula is C15H22O3. The number of ether oxygens (including phenoxy) is 2. The summed E-state index contributed by atoms with van der Waals surface area (Å²) in [6.45, 7) is 3.50. The molecule has 0 radical (unpaired) electrons. The zero-order valence-electron chi connectivity index (χ0n) is 11.0. The average molecular weight is 250 g/mol. The highest BCUT2D eigenvalue weighted by Gasteiger charge is 2.26. The van der Waals surface area contributed by atoms with E-state index in [4.69, 9.17) is 9.47 Å². The predicted octanol–water partition coefficient (Wildman–Crippen LogP) is 3.08. The lowest BCUT2D eigenvalue weighted by molar-refractivity contribution is -0.0640. The molecule has 1 N–H and O–H groups in total. The Morgan fingerprint density at radius 2 is 2.22 bits per heavy atom. The lowest BCUT2D eigenvalue weighted by Crippen LogP contribution is -2.26. The van der Waals surface area contributed by atoms with E-state index in [0.717, 1.165) is 43.6 Å². The fraction of sp³-hybridized carbons (Fsp3) is 0.600. The van der Waals surface area contributed by atoms with Crippen LogP contribution in [-0.2, 0) is 4.74 Å². The number of hydrogen-bond acceptors (Lipinski definition) is 3. The number of para-hydroxylation sites is 1. The van der Waals surface area contributed by atoms with Crippen LogP contribution in [0.15, 0.2) is 24.3 Å². The van der Waals surface area contributed by atoms with Gasteiger partial charge in [-0.3, -0.25) is 0 Å². The first-order valence-electron chi connectivity index (χ1n) is 6.84. The molecule has 0 bridgehead atoms. The van der Waals surface area contributed by atoms with Crippen LogP contribution in [0.2, 0.25) is 0 Å². The van der Waals surface area contributed by atoms with Gasteiger partial charge in [0.15, 0.2) is 0 Å². The molecule has 0 saturated carbocycles. The summed E-state index contributed by atoms with van der Waals surface area (Å²) in [7, 11) is 0. The molecule has 1 aliphatic rings. The molecule has 0 aliphatic carbocycles. The molecule has 3 heteroatoms. The summed E-state index contributed by atoms with van der Waals surface area (Å²) in [5.74, 6) is 0.779. The first kappa shape index (κ1) is 13.4. The Morgan fingerprint density at radius 1 is 1.39 bits per heavy atom. The van der Waals surface area contributed by atoms with Crippen molar-refractivity contribution in [2.45, 2.75) is 44.8 Å². The molecule has 18 heavy (non-hydrogen) atoms. The lowest BCUT2D eigenvalue weighted by Gasteiger charge is -2.28. The Bertz CT molecular complexity index is 359. The van der Waals surface area contributed by atoms with Crippen molar-refractivity contribution in [1.82, 2.24) is 0 Å². The van der Waals surface area contributed by atoms with E-state index in [-0.39, 0.29) is 6.10 Å². The predicted molar refractivity (Wildman–Crippen MR) is 70.8 cm³/mol. The molecular weight excluding hydrogens is 228 g/mol. The molecule has 100 valence electrons. The summed E-state index contributed by atoms with van der Waals surface area (Å²) in [5.41, 5.74) is 0.845. The van der Waals surface area contributed by atoms with Crippen LogP contribution in [0.4, 0.5) is 0 Å². The van der Waals surface area contributed by atoms with Crippen molar-refractivity contribution in [3.63, 3.8) is 0 Å². The van der Waals surface area contributed by atoms with E-state index < -0.39 is 6.10 Å². The van der Waals surface area contributed by atoms with E-state index in [1.54, 1.807) is 0 Å². The number of rotatable bonds is 5. The normalized spacial score (nSPS) is 21.6. The Hall–Kier alpha value is -1.06. The van der Waals surface area contributed by atoms with E-state index in [0.29, 0.717) is 6.61 Å². The Kier molecular flexibility index (Phi) is 5.02. The molecule has 0 spiro atoms. The molecule has 0 amide bonds. The summed E-state index contributed by atoms with van der Waals surface area (Å²) in [6, 6.07) is 7.70. The number of benzene rings is 1. The molecule has 2 rings (SSSR count). The van der Waals surface area contributed by atoms with E-state index in [2.05, 4.69) is 6.92 Å². The number of aliphatic hydroxyl groups excluding tert-OH is 1. The van der Waals surface area contributed by atoms with Gasteiger partial charge in [0.25, 0.3) is 0 Å². The highest BCUT2D eigenvalue weighted by Crippen LogP contribution is 2.32. The van der Waals surface area contributed by atoms with E-state index >= 15 is 0 Å². The van der Waals surface area contributed by atoms with Gasteiger partial charge in [0, 0.05) is 12.2 Å². The second-order valence-corrected chi connectivity index (χ2v) is 4.74. The van der Waals surface area contributed by atoms with Crippen LogP contribution in [0.1, 0.15) is 44.3 Å². The standard InChI is InChI=1S/C15H22O3/c1-2-10-17-13-8-4-3-7-12(13)15(16)14-9-5-6-11-18-14/h3-4,7-8,14-16H,2,5-6,9-11H2,1H3. The maximum absolute atomic E-state index is 10.4. The van der Waals surface area contributed by atoms with Gasteiger partial charge in [0.1, 0.15) is 11.9 Å². The molecule has 1 fully saturated rings. The SMILES string of the molecule is CCCOc1ccccc1C(O)C1CCCCO1. The van der Waals surface area contributed by atoms with Crippen LogP contribution >= 0.6 is 0 Å². The van der Waals surface area contributed by atoms with Crippen LogP contribution in [-0.4, -0.2) is 24.4 Å². The maximum atomic E-state index is 10.4. The summed E-state index contributed by atoms with van der Waals surface area (Å²) in [5, 5.41) is 10.4. The van der Waals surface area contributed by atoms with Crippen LogP contribution in [0.25, 0.3) is 0 Å². The summed E-state index contributed by atoms with van der Waals surface area (Å²) < 4.78 is 11.3. The third-order valence-corrected chi connectivity index (χ3v) is 3.27. The van der Waals surface area contributed by atoms with Gasteiger partial charge in [-0.2, -0.15) is 0 Å². The molecule has 1 heterocycles. The van der Waals surface area contributed by atoms with Gasteiger partial charge in [-0.25, -0.2) is 0 Å². The van der Waals surface area contributed by atoms with E-state index in [1.807, 2.05) is 24.3 Å². The monoisotopic (exact) mass is 250 g/mol. The minimum atomic E-state index is -0.585. The van der Waals surface area contributed by atoms with Crippen LogP contribution in [0, 0.1) is 0 Å². The van der Waals surface area contributed by atoms with Gasteiger partial charge >= 0.3 is 0 Å². The van der Waals surface area contributed by atoms with Crippen molar-refractivity contribution in [2.75, 3.05) is 13.2 Å². The number of hydrogen-bond donors (Lipinski definition) is 1. The molecule has 1 aliphatic heterocycles. The maximum Gasteiger partial charge on any atom is 0.125 e. The second-order valence-electron chi connectivity index (χ2n) is 4.74. The molecule has 3 nitrogen and oxygen atoms in total. The smallest absolute Gasteiger partial charge is 0.125 e. The van der Waals surface area contributed by atoms with Crippen molar-refractivity contribution in [1.29, 1.82) is 0 Å². The third-order valence-electron chi connectivity index (χ3n) is 3.27. The lowest BCUT2D eigenvalue weighted by atomic mass is 9.97. The van der Waals surface area contributed by atoms with E-state index in [1.165, 1.54) is 0 Å². The zero-order valence-corrected chi connectivity index (χ0v) is 11.0. The highest BCUT2D eigenvalue weighted by atomic mass is 16.5.